The van der Waals surface area contributed by atoms with Gasteiger partial charge in [0.25, 0.3) is 5.91 Å². The van der Waals surface area contributed by atoms with Crippen LogP contribution in [0.5, 0.6) is 0 Å². The topological polar surface area (TPSA) is 98.4 Å². The standard InChI is InChI=1S/C23H24F3N5O3S/c1-23(2)20-17(12-31(23)35(33,34)16-9-14(24)8-15(25)10-16)21(29-28-20)27-22(32)19-13(11-30(3)4)6-5-7-18(19)26/h5-10H,11-12H2,1-4H3,(H2,27,28,29,32). The van der Waals surface area contributed by atoms with Crippen LogP contribution in [-0.4, -0.2) is 47.8 Å². The zero-order valence-electron chi connectivity index (χ0n) is 19.5. The van der Waals surface area contributed by atoms with Gasteiger partial charge in [-0.05, 0) is 51.7 Å². The van der Waals surface area contributed by atoms with Gasteiger partial charge in [0.1, 0.15) is 17.5 Å². The molecule has 1 aliphatic heterocycles. The number of carbonyl (C=O) groups excluding carboxylic acids is 1. The molecule has 12 heteroatoms. The molecule has 0 atom stereocenters. The molecule has 1 amide bonds. The van der Waals surface area contributed by atoms with E-state index in [1.807, 2.05) is 0 Å². The van der Waals surface area contributed by atoms with E-state index in [4.69, 9.17) is 0 Å². The fourth-order valence-electron chi connectivity index (χ4n) is 4.25. The molecule has 0 aliphatic carbocycles. The van der Waals surface area contributed by atoms with Crippen molar-refractivity contribution < 1.29 is 26.4 Å². The van der Waals surface area contributed by atoms with Gasteiger partial charge in [-0.15, -0.1) is 0 Å². The second-order valence-electron chi connectivity index (χ2n) is 9.07. The van der Waals surface area contributed by atoms with E-state index in [2.05, 4.69) is 15.5 Å². The second-order valence-corrected chi connectivity index (χ2v) is 10.9. The van der Waals surface area contributed by atoms with E-state index in [0.29, 0.717) is 29.4 Å². The van der Waals surface area contributed by atoms with Crippen molar-refractivity contribution in [3.63, 3.8) is 0 Å². The van der Waals surface area contributed by atoms with Gasteiger partial charge in [-0.3, -0.25) is 9.89 Å². The Morgan fingerprint density at radius 1 is 1.17 bits per heavy atom. The number of aromatic amines is 1. The molecule has 2 N–H and O–H groups in total. The first-order valence-electron chi connectivity index (χ1n) is 10.6. The van der Waals surface area contributed by atoms with Gasteiger partial charge >= 0.3 is 0 Å². The van der Waals surface area contributed by atoms with Crippen LogP contribution < -0.4 is 5.32 Å². The summed E-state index contributed by atoms with van der Waals surface area (Å²) in [6, 6.07) is 6.40. The molecule has 0 radical (unpaired) electrons. The van der Waals surface area contributed by atoms with E-state index in [9.17, 15) is 26.4 Å². The number of nitrogens with one attached hydrogen (secondary N) is 2. The molecule has 1 aromatic heterocycles. The third-order valence-electron chi connectivity index (χ3n) is 5.87. The van der Waals surface area contributed by atoms with Crippen molar-refractivity contribution >= 4 is 21.7 Å². The van der Waals surface area contributed by atoms with Gasteiger partial charge in [0.15, 0.2) is 5.82 Å². The lowest BCUT2D eigenvalue weighted by Crippen LogP contribution is -2.40. The van der Waals surface area contributed by atoms with Crippen LogP contribution in [0.15, 0.2) is 41.3 Å². The minimum atomic E-state index is -4.33. The molecule has 0 fully saturated rings. The lowest BCUT2D eigenvalue weighted by molar-refractivity contribution is 0.102. The normalized spacial score (nSPS) is 15.4. The van der Waals surface area contributed by atoms with Crippen molar-refractivity contribution in [1.29, 1.82) is 0 Å². The molecular formula is C23H24F3N5O3S. The Labute approximate surface area is 200 Å². The summed E-state index contributed by atoms with van der Waals surface area (Å²) in [6.45, 7) is 3.29. The average Bonchev–Trinajstić information content (AvgIpc) is 3.25. The molecule has 8 nitrogen and oxygen atoms in total. The van der Waals surface area contributed by atoms with E-state index in [1.54, 1.807) is 38.9 Å². The summed E-state index contributed by atoms with van der Waals surface area (Å²) in [5.41, 5.74) is -0.0852. The van der Waals surface area contributed by atoms with Gasteiger partial charge < -0.3 is 10.2 Å². The summed E-state index contributed by atoms with van der Waals surface area (Å²) in [4.78, 5) is 14.3. The van der Waals surface area contributed by atoms with Gasteiger partial charge in [0.05, 0.1) is 21.7 Å². The van der Waals surface area contributed by atoms with Crippen LogP contribution in [0.1, 0.15) is 41.0 Å². The number of aromatic nitrogens is 2. The summed E-state index contributed by atoms with van der Waals surface area (Å²) in [5.74, 6) is -3.44. The van der Waals surface area contributed by atoms with Gasteiger partial charge in [-0.25, -0.2) is 21.6 Å². The van der Waals surface area contributed by atoms with E-state index >= 15 is 0 Å². The van der Waals surface area contributed by atoms with Gasteiger partial charge in [0.2, 0.25) is 10.0 Å². The summed E-state index contributed by atoms with van der Waals surface area (Å²) in [5, 5.41) is 9.44. The average molecular weight is 508 g/mol. The molecule has 0 spiro atoms. The van der Waals surface area contributed by atoms with E-state index in [0.717, 1.165) is 16.4 Å². The predicted molar refractivity (Wildman–Crippen MR) is 122 cm³/mol. The first-order valence-corrected chi connectivity index (χ1v) is 12.1. The highest BCUT2D eigenvalue weighted by Gasteiger charge is 2.48. The Bertz CT molecular complexity index is 1400. The zero-order valence-corrected chi connectivity index (χ0v) is 20.3. The highest BCUT2D eigenvalue weighted by molar-refractivity contribution is 7.89. The summed E-state index contributed by atoms with van der Waals surface area (Å²) < 4.78 is 69.7. The van der Waals surface area contributed by atoms with Crippen LogP contribution in [0.25, 0.3) is 0 Å². The third-order valence-corrected chi connectivity index (χ3v) is 7.87. The number of nitrogens with zero attached hydrogens (tertiary/aromatic N) is 3. The van der Waals surface area contributed by atoms with Crippen LogP contribution in [0, 0.1) is 17.5 Å². The maximum Gasteiger partial charge on any atom is 0.260 e. The van der Waals surface area contributed by atoms with E-state index in [1.165, 1.54) is 12.1 Å². The summed E-state index contributed by atoms with van der Waals surface area (Å²) >= 11 is 0. The Balaban J connectivity index is 1.67. The lowest BCUT2D eigenvalue weighted by atomic mass is 10.0. The van der Waals surface area contributed by atoms with Crippen molar-refractivity contribution in [3.05, 3.63) is 76.2 Å². The monoisotopic (exact) mass is 507 g/mol. The molecule has 35 heavy (non-hydrogen) atoms. The second kappa shape index (κ2) is 8.77. The number of benzene rings is 2. The molecule has 186 valence electrons. The van der Waals surface area contributed by atoms with Crippen molar-refractivity contribution in [3.8, 4) is 0 Å². The summed E-state index contributed by atoms with van der Waals surface area (Å²) in [6.07, 6.45) is 0. The number of carbonyl (C=O) groups is 1. The van der Waals surface area contributed by atoms with Gasteiger partial charge in [-0.2, -0.15) is 9.40 Å². The first-order chi connectivity index (χ1) is 16.3. The smallest absolute Gasteiger partial charge is 0.260 e. The fraction of sp³-hybridized carbons (Fsp3) is 0.304. The molecule has 2 heterocycles. The number of fused-ring (bicyclic) bond motifs is 1. The highest BCUT2D eigenvalue weighted by Crippen LogP contribution is 2.44. The Hall–Kier alpha value is -3.22. The molecule has 0 saturated carbocycles. The number of anilines is 1. The number of hydrogen-bond donors (Lipinski definition) is 2. The molecule has 1 aliphatic rings. The maximum absolute atomic E-state index is 14.6. The Morgan fingerprint density at radius 2 is 1.83 bits per heavy atom. The van der Waals surface area contributed by atoms with Gasteiger partial charge in [0, 0.05) is 24.7 Å². The molecule has 2 aromatic carbocycles. The maximum atomic E-state index is 14.6. The quantitative estimate of drug-likeness (QED) is 0.532. The number of H-pyrrole nitrogens is 1. The minimum absolute atomic E-state index is 0.0419. The lowest BCUT2D eigenvalue weighted by Gasteiger charge is -2.30. The molecule has 3 aromatic rings. The SMILES string of the molecule is CN(C)Cc1cccc(F)c1C(=O)Nc1n[nH]c2c1CN(S(=O)(=O)c1cc(F)cc(F)c1)C2(C)C. The third kappa shape index (κ3) is 4.44. The molecule has 4 rings (SSSR count). The molecule has 0 bridgehead atoms. The zero-order chi connectivity index (χ0) is 25.7. The molecule has 0 unspecified atom stereocenters. The number of sulfonamides is 1. The van der Waals surface area contributed by atoms with Crippen molar-refractivity contribution in [1.82, 2.24) is 19.4 Å². The summed E-state index contributed by atoms with van der Waals surface area (Å²) in [7, 11) is -0.753. The van der Waals surface area contributed by atoms with Gasteiger partial charge in [-0.1, -0.05) is 12.1 Å². The van der Waals surface area contributed by atoms with E-state index in [-0.39, 0.29) is 17.9 Å². The van der Waals surface area contributed by atoms with Crippen LogP contribution in [0.2, 0.25) is 0 Å². The first kappa shape index (κ1) is 24.9. The number of amides is 1. The largest absolute Gasteiger partial charge is 0.305 e. The van der Waals surface area contributed by atoms with Crippen molar-refractivity contribution in [2.45, 2.75) is 37.4 Å². The van der Waals surface area contributed by atoms with Crippen LogP contribution in [0.3, 0.4) is 0 Å². The Kier molecular flexibility index (Phi) is 6.24. The van der Waals surface area contributed by atoms with Crippen molar-refractivity contribution in [2.24, 2.45) is 0 Å². The van der Waals surface area contributed by atoms with E-state index < -0.39 is 43.8 Å². The van der Waals surface area contributed by atoms with Crippen LogP contribution >= 0.6 is 0 Å². The fourth-order valence-corrected chi connectivity index (χ4v) is 6.02. The molecular weight excluding hydrogens is 483 g/mol. The Morgan fingerprint density at radius 3 is 2.46 bits per heavy atom. The molecule has 0 saturated heterocycles. The highest BCUT2D eigenvalue weighted by atomic mass is 32.2. The number of halogens is 3. The minimum Gasteiger partial charge on any atom is -0.305 e. The van der Waals surface area contributed by atoms with Crippen molar-refractivity contribution in [2.75, 3.05) is 19.4 Å². The number of rotatable bonds is 6. The van der Waals surface area contributed by atoms with Crippen LogP contribution in [-0.2, 0) is 28.7 Å². The van der Waals surface area contributed by atoms with Crippen LogP contribution in [0.4, 0.5) is 19.0 Å². The predicted octanol–water partition coefficient (Wildman–Crippen LogP) is 3.58. The number of hydrogen-bond acceptors (Lipinski definition) is 5.